The van der Waals surface area contributed by atoms with Gasteiger partial charge in [0.05, 0.1) is 6.54 Å². The van der Waals surface area contributed by atoms with Crippen LogP contribution in [0.2, 0.25) is 0 Å². The van der Waals surface area contributed by atoms with Crippen LogP contribution in [0.15, 0.2) is 29.6 Å². The topological polar surface area (TPSA) is 110 Å². The van der Waals surface area contributed by atoms with Crippen molar-refractivity contribution in [1.82, 2.24) is 5.32 Å². The van der Waals surface area contributed by atoms with E-state index in [1.165, 1.54) is 12.1 Å². The van der Waals surface area contributed by atoms with Crippen molar-refractivity contribution in [1.29, 1.82) is 5.39 Å². The van der Waals surface area contributed by atoms with Gasteiger partial charge in [-0.1, -0.05) is 5.92 Å². The maximum absolute atomic E-state index is 11.3. The Morgan fingerprint density at radius 2 is 2.06 bits per heavy atom. The lowest BCUT2D eigenvalue weighted by Crippen LogP contribution is -2.23. The molecule has 1 amide bonds. The van der Waals surface area contributed by atoms with Crippen LogP contribution < -0.4 is 5.32 Å². The summed E-state index contributed by atoms with van der Waals surface area (Å²) in [5.41, 5.74) is 0.881. The number of benzene rings is 1. The van der Waals surface area contributed by atoms with Gasteiger partial charge in [0.2, 0.25) is 5.39 Å². The Hall–Kier alpha value is -2.93. The number of carbonyl (C=O) groups is 1. The SMILES string of the molecule is C#CCNC(=O)c1ccc([N+]#N)cc1.O=N[O-]. The number of amides is 1. The zero-order valence-corrected chi connectivity index (χ0v) is 8.66. The number of hydrogen-bond donors (Lipinski definition) is 1. The van der Waals surface area contributed by atoms with Gasteiger partial charge in [-0.15, -0.1) is 11.8 Å². The van der Waals surface area contributed by atoms with E-state index in [1.54, 1.807) is 12.1 Å². The molecule has 0 saturated carbocycles. The molecule has 0 spiro atoms. The molecule has 0 unspecified atom stereocenters. The Labute approximate surface area is 97.0 Å². The van der Waals surface area contributed by atoms with Gasteiger partial charge < -0.3 is 15.4 Å². The Kier molecular flexibility index (Phi) is 6.94. The summed E-state index contributed by atoms with van der Waals surface area (Å²) in [5, 5.41) is 19.9. The van der Waals surface area contributed by atoms with Crippen molar-refractivity contribution in [3.63, 3.8) is 0 Å². The molecular formula is C10H8N4O3. The summed E-state index contributed by atoms with van der Waals surface area (Å²) < 4.78 is 0. The molecule has 0 heterocycles. The molecule has 0 aromatic heterocycles. The van der Waals surface area contributed by atoms with Crippen LogP contribution in [0.3, 0.4) is 0 Å². The van der Waals surface area contributed by atoms with Crippen LogP contribution in [-0.2, 0) is 0 Å². The van der Waals surface area contributed by atoms with Crippen molar-refractivity contribution in [3.8, 4) is 12.3 Å². The molecule has 1 N–H and O–H groups in total. The van der Waals surface area contributed by atoms with E-state index >= 15 is 0 Å². The van der Waals surface area contributed by atoms with E-state index in [-0.39, 0.29) is 12.5 Å². The van der Waals surface area contributed by atoms with Crippen LogP contribution in [-0.4, -0.2) is 12.5 Å². The van der Waals surface area contributed by atoms with Crippen molar-refractivity contribution < 1.29 is 4.79 Å². The molecule has 0 aliphatic carbocycles. The van der Waals surface area contributed by atoms with E-state index in [0.717, 1.165) is 5.34 Å². The van der Waals surface area contributed by atoms with Gasteiger partial charge in [0.25, 0.3) is 5.91 Å². The minimum Gasteiger partial charge on any atom is -0.444 e. The molecular weight excluding hydrogens is 224 g/mol. The molecule has 7 nitrogen and oxygen atoms in total. The van der Waals surface area contributed by atoms with Crippen LogP contribution in [0.5, 0.6) is 0 Å². The molecule has 0 bridgehead atoms. The van der Waals surface area contributed by atoms with E-state index in [2.05, 4.69) is 16.2 Å². The van der Waals surface area contributed by atoms with Crippen LogP contribution in [0.1, 0.15) is 10.4 Å². The Bertz CT molecular complexity index is 456. The van der Waals surface area contributed by atoms with E-state index in [1.807, 2.05) is 0 Å². The lowest BCUT2D eigenvalue weighted by atomic mass is 10.2. The van der Waals surface area contributed by atoms with Gasteiger partial charge in [-0.3, -0.25) is 4.79 Å². The highest BCUT2D eigenvalue weighted by atomic mass is 16.6. The first-order valence-corrected chi connectivity index (χ1v) is 4.31. The van der Waals surface area contributed by atoms with E-state index in [9.17, 15) is 4.79 Å². The molecule has 17 heavy (non-hydrogen) atoms. The van der Waals surface area contributed by atoms with Gasteiger partial charge in [-0.05, 0) is 12.1 Å². The first-order valence-electron chi connectivity index (χ1n) is 4.31. The Morgan fingerprint density at radius 1 is 1.53 bits per heavy atom. The lowest BCUT2D eigenvalue weighted by Gasteiger charge is -1.98. The maximum atomic E-state index is 11.3. The van der Waals surface area contributed by atoms with Crippen molar-refractivity contribution in [2.75, 3.05) is 6.54 Å². The Balaban J connectivity index is 0.000000770. The predicted octanol–water partition coefficient (Wildman–Crippen LogP) is 1.78. The first kappa shape index (κ1) is 14.1. The smallest absolute Gasteiger partial charge is 0.385 e. The molecule has 0 radical (unpaired) electrons. The summed E-state index contributed by atoms with van der Waals surface area (Å²) in [6.07, 6.45) is 4.99. The fourth-order valence-corrected chi connectivity index (χ4v) is 0.913. The quantitative estimate of drug-likeness (QED) is 0.362. The second-order valence-electron chi connectivity index (χ2n) is 2.61. The number of nitrogens with zero attached hydrogens (tertiary/aromatic N) is 3. The van der Waals surface area contributed by atoms with Gasteiger partial charge in [-0.25, -0.2) is 0 Å². The molecule has 7 heteroatoms. The van der Waals surface area contributed by atoms with E-state index in [0.29, 0.717) is 11.3 Å². The second-order valence-corrected chi connectivity index (χ2v) is 2.61. The molecule has 0 aliphatic rings. The molecule has 0 fully saturated rings. The number of hydrogen-bond acceptors (Lipinski definition) is 5. The number of carbonyl (C=O) groups excluding carboxylic acids is 1. The average Bonchev–Trinajstić information content (AvgIpc) is 2.37. The lowest BCUT2D eigenvalue weighted by molar-refractivity contribution is 0.0958. The minimum atomic E-state index is -0.243. The average molecular weight is 232 g/mol. The van der Waals surface area contributed by atoms with Gasteiger partial charge in [0.15, 0.2) is 4.98 Å². The molecule has 0 atom stereocenters. The zero-order valence-electron chi connectivity index (χ0n) is 8.66. The highest BCUT2D eigenvalue weighted by molar-refractivity contribution is 5.94. The summed E-state index contributed by atoms with van der Waals surface area (Å²) in [6.45, 7) is 0.199. The number of nitrogens with one attached hydrogen (secondary N) is 1. The zero-order chi connectivity index (χ0) is 13.1. The van der Waals surface area contributed by atoms with Crippen LogP contribution in [0.4, 0.5) is 5.69 Å². The molecule has 1 aromatic carbocycles. The maximum Gasteiger partial charge on any atom is 0.385 e. The largest absolute Gasteiger partial charge is 0.444 e. The standard InChI is InChI=1S/C10H7N3O.HNO2/c1-2-7-12-10(14)8-3-5-9(13-11)6-4-8;2-1-3/h1,3-6H,7H2;(H,2,3). The van der Waals surface area contributed by atoms with E-state index < -0.39 is 0 Å². The van der Waals surface area contributed by atoms with Crippen LogP contribution >= 0.6 is 0 Å². The minimum absolute atomic E-state index is 0.199. The van der Waals surface area contributed by atoms with Gasteiger partial charge in [-0.2, -0.15) is 0 Å². The number of terminal acetylenes is 1. The monoisotopic (exact) mass is 232 g/mol. The highest BCUT2D eigenvalue weighted by Gasteiger charge is 2.07. The van der Waals surface area contributed by atoms with Gasteiger partial charge >= 0.3 is 5.69 Å². The predicted molar refractivity (Wildman–Crippen MR) is 61.5 cm³/mol. The Morgan fingerprint density at radius 3 is 2.47 bits per heavy atom. The fourth-order valence-electron chi connectivity index (χ4n) is 0.913. The summed E-state index contributed by atoms with van der Waals surface area (Å²) in [7, 11) is 0. The third kappa shape index (κ3) is 5.50. The number of diazo groups is 1. The number of rotatable bonds is 2. The van der Waals surface area contributed by atoms with Crippen molar-refractivity contribution in [2.24, 2.45) is 5.34 Å². The molecule has 0 saturated heterocycles. The summed E-state index contributed by atoms with van der Waals surface area (Å²) in [4.78, 5) is 22.3. The summed E-state index contributed by atoms with van der Waals surface area (Å²) >= 11 is 0. The van der Waals surface area contributed by atoms with Crippen molar-refractivity contribution in [3.05, 3.63) is 44.9 Å². The first-order chi connectivity index (χ1) is 8.19. The third-order valence-electron chi connectivity index (χ3n) is 1.60. The van der Waals surface area contributed by atoms with Crippen LogP contribution in [0.25, 0.3) is 4.98 Å². The molecule has 0 aliphatic heterocycles. The normalized spacial score (nSPS) is 7.65. The summed E-state index contributed by atoms with van der Waals surface area (Å²) in [6, 6.07) is 6.18. The molecule has 1 aromatic rings. The van der Waals surface area contributed by atoms with E-state index in [4.69, 9.17) is 21.9 Å². The summed E-state index contributed by atoms with van der Waals surface area (Å²) in [5.74, 6) is 2.06. The molecule has 1 rings (SSSR count). The van der Waals surface area contributed by atoms with Crippen molar-refractivity contribution in [2.45, 2.75) is 0 Å². The van der Waals surface area contributed by atoms with Gasteiger partial charge in [0.1, 0.15) is 0 Å². The molecule has 86 valence electrons. The van der Waals surface area contributed by atoms with Gasteiger partial charge in [0, 0.05) is 17.7 Å². The highest BCUT2D eigenvalue weighted by Crippen LogP contribution is 2.12. The third-order valence-corrected chi connectivity index (χ3v) is 1.60. The van der Waals surface area contributed by atoms with Crippen molar-refractivity contribution >= 4 is 11.6 Å². The fraction of sp³-hybridized carbons (Fsp3) is 0.100. The van der Waals surface area contributed by atoms with Crippen LogP contribution in [0, 0.1) is 27.9 Å². The second kappa shape index (κ2) is 8.38.